The predicted molar refractivity (Wildman–Crippen MR) is 139 cm³/mol. The van der Waals surface area contributed by atoms with E-state index >= 15 is 0 Å². The molecule has 0 unspecified atom stereocenters. The summed E-state index contributed by atoms with van der Waals surface area (Å²) in [5.74, 6) is 1.41. The minimum absolute atomic E-state index is 0.0704. The van der Waals surface area contributed by atoms with Gasteiger partial charge in [-0.25, -0.2) is 4.79 Å². The third-order valence-corrected chi connectivity index (χ3v) is 7.02. The van der Waals surface area contributed by atoms with E-state index in [9.17, 15) is 9.59 Å². The zero-order valence-corrected chi connectivity index (χ0v) is 21.0. The average molecular weight is 495 g/mol. The number of aliphatic hydroxyl groups is 1. The SMILES string of the molecule is CCCNC(=O)n1c(C)cc2cc(Oc3ccnc4cc(C(=O)N5CCCC5)sc34)ccc21.CO. The number of amides is 2. The summed E-state index contributed by atoms with van der Waals surface area (Å²) < 4.78 is 8.77. The zero-order chi connectivity index (χ0) is 24.9. The number of pyridine rings is 1. The number of ether oxygens (including phenoxy) is 1. The van der Waals surface area contributed by atoms with Crippen LogP contribution in [0.25, 0.3) is 21.1 Å². The van der Waals surface area contributed by atoms with Crippen LogP contribution in [0.2, 0.25) is 0 Å². The molecular weight excluding hydrogens is 464 g/mol. The molecule has 184 valence electrons. The van der Waals surface area contributed by atoms with Gasteiger partial charge in [0.2, 0.25) is 0 Å². The highest BCUT2D eigenvalue weighted by molar-refractivity contribution is 7.21. The molecule has 5 rings (SSSR count). The van der Waals surface area contributed by atoms with Crippen molar-refractivity contribution in [2.45, 2.75) is 33.1 Å². The number of hydrogen-bond donors (Lipinski definition) is 2. The number of likely N-dealkylation sites (tertiary alicyclic amines) is 1. The van der Waals surface area contributed by atoms with Gasteiger partial charge >= 0.3 is 6.03 Å². The highest BCUT2D eigenvalue weighted by Gasteiger charge is 2.22. The molecule has 4 aromatic rings. The van der Waals surface area contributed by atoms with Gasteiger partial charge in [0, 0.05) is 50.1 Å². The quantitative estimate of drug-likeness (QED) is 0.399. The molecular formula is C26H30N4O4S. The number of aryl methyl sites for hydroxylation is 1. The van der Waals surface area contributed by atoms with Gasteiger partial charge in [-0.1, -0.05) is 6.92 Å². The molecule has 0 saturated carbocycles. The van der Waals surface area contributed by atoms with Crippen LogP contribution < -0.4 is 10.1 Å². The maximum absolute atomic E-state index is 12.8. The van der Waals surface area contributed by atoms with Crippen LogP contribution >= 0.6 is 11.3 Å². The van der Waals surface area contributed by atoms with Crippen LogP contribution in [0.5, 0.6) is 11.5 Å². The van der Waals surface area contributed by atoms with Gasteiger partial charge in [-0.3, -0.25) is 14.3 Å². The van der Waals surface area contributed by atoms with Crippen LogP contribution in [0.4, 0.5) is 4.79 Å². The van der Waals surface area contributed by atoms with Gasteiger partial charge in [-0.15, -0.1) is 11.3 Å². The molecule has 1 aliphatic heterocycles. The first-order valence-electron chi connectivity index (χ1n) is 11.8. The van der Waals surface area contributed by atoms with Crippen molar-refractivity contribution in [1.29, 1.82) is 0 Å². The number of nitrogens with one attached hydrogen (secondary N) is 1. The molecule has 2 amide bonds. The number of nitrogens with zero attached hydrogens (tertiary/aromatic N) is 3. The van der Waals surface area contributed by atoms with Gasteiger partial charge in [0.05, 0.1) is 20.6 Å². The van der Waals surface area contributed by atoms with Gasteiger partial charge in [-0.05, 0) is 56.5 Å². The summed E-state index contributed by atoms with van der Waals surface area (Å²) >= 11 is 1.42. The van der Waals surface area contributed by atoms with E-state index in [1.54, 1.807) is 10.8 Å². The van der Waals surface area contributed by atoms with E-state index in [0.29, 0.717) is 22.9 Å². The van der Waals surface area contributed by atoms with Crippen molar-refractivity contribution in [3.05, 3.63) is 53.2 Å². The second-order valence-electron chi connectivity index (χ2n) is 8.31. The molecule has 1 saturated heterocycles. The number of rotatable bonds is 5. The lowest BCUT2D eigenvalue weighted by molar-refractivity contribution is 0.0797. The second-order valence-corrected chi connectivity index (χ2v) is 9.36. The minimum Gasteiger partial charge on any atom is -0.456 e. The summed E-state index contributed by atoms with van der Waals surface area (Å²) in [7, 11) is 1.00. The summed E-state index contributed by atoms with van der Waals surface area (Å²) in [6.45, 7) is 6.22. The lowest BCUT2D eigenvalue weighted by Crippen LogP contribution is -2.29. The van der Waals surface area contributed by atoms with E-state index in [0.717, 1.165) is 66.3 Å². The van der Waals surface area contributed by atoms with Crippen molar-refractivity contribution < 1.29 is 19.4 Å². The number of aromatic nitrogens is 2. The number of thiophene rings is 1. The molecule has 0 radical (unpaired) electrons. The van der Waals surface area contributed by atoms with Crippen LogP contribution in [0.3, 0.4) is 0 Å². The van der Waals surface area contributed by atoms with E-state index < -0.39 is 0 Å². The van der Waals surface area contributed by atoms with Crippen molar-refractivity contribution >= 4 is 44.4 Å². The summed E-state index contributed by atoms with van der Waals surface area (Å²) in [4.78, 5) is 32.4. The maximum Gasteiger partial charge on any atom is 0.326 e. The Kier molecular flexibility index (Phi) is 7.67. The number of aliphatic hydroxyl groups excluding tert-OH is 1. The van der Waals surface area contributed by atoms with E-state index in [2.05, 4.69) is 10.3 Å². The first-order chi connectivity index (χ1) is 17.0. The molecule has 4 heterocycles. The van der Waals surface area contributed by atoms with Crippen molar-refractivity contribution in [1.82, 2.24) is 19.8 Å². The summed E-state index contributed by atoms with van der Waals surface area (Å²) in [6, 6.07) is 11.2. The number of hydrogen-bond acceptors (Lipinski definition) is 6. The predicted octanol–water partition coefficient (Wildman–Crippen LogP) is 5.16. The zero-order valence-electron chi connectivity index (χ0n) is 20.2. The fourth-order valence-corrected chi connectivity index (χ4v) is 5.31. The van der Waals surface area contributed by atoms with Crippen molar-refractivity contribution in [2.75, 3.05) is 26.7 Å². The Balaban J connectivity index is 0.00000141. The Morgan fingerprint density at radius 1 is 1.14 bits per heavy atom. The van der Waals surface area contributed by atoms with Crippen molar-refractivity contribution in [3.63, 3.8) is 0 Å². The minimum atomic E-state index is -0.123. The van der Waals surface area contributed by atoms with Crippen LogP contribution in [-0.4, -0.2) is 58.2 Å². The van der Waals surface area contributed by atoms with Crippen LogP contribution in [0, 0.1) is 6.92 Å². The van der Waals surface area contributed by atoms with Gasteiger partial charge in [0.25, 0.3) is 5.91 Å². The third-order valence-electron chi connectivity index (χ3n) is 5.89. The van der Waals surface area contributed by atoms with Crippen LogP contribution in [0.1, 0.15) is 41.6 Å². The molecule has 1 aliphatic rings. The standard InChI is InChI=1S/C25H26N4O3S.CH4O/c1-3-9-27-25(31)29-16(2)13-17-14-18(6-7-20(17)29)32-21-8-10-26-19-15-22(33-23(19)21)24(30)28-11-4-5-12-28;1-2/h6-8,10,13-15H,3-5,9,11-12H2,1-2H3,(H,27,31);2H,1H3. The summed E-state index contributed by atoms with van der Waals surface area (Å²) in [5, 5.41) is 10.9. The average Bonchev–Trinajstić information content (AvgIpc) is 3.61. The fourth-order valence-electron chi connectivity index (χ4n) is 4.28. The van der Waals surface area contributed by atoms with Crippen molar-refractivity contribution in [2.24, 2.45) is 0 Å². The normalized spacial score (nSPS) is 13.1. The van der Waals surface area contributed by atoms with E-state index in [1.165, 1.54) is 11.3 Å². The lowest BCUT2D eigenvalue weighted by Gasteiger charge is -2.13. The highest BCUT2D eigenvalue weighted by atomic mass is 32.1. The smallest absolute Gasteiger partial charge is 0.326 e. The first-order valence-corrected chi connectivity index (χ1v) is 12.6. The highest BCUT2D eigenvalue weighted by Crippen LogP contribution is 2.36. The van der Waals surface area contributed by atoms with Gasteiger partial charge in [0.1, 0.15) is 11.5 Å². The molecule has 3 aromatic heterocycles. The van der Waals surface area contributed by atoms with Gasteiger partial charge in [-0.2, -0.15) is 0 Å². The molecule has 0 bridgehead atoms. The Morgan fingerprint density at radius 2 is 1.91 bits per heavy atom. The largest absolute Gasteiger partial charge is 0.456 e. The number of carbonyl (C=O) groups excluding carboxylic acids is 2. The number of benzene rings is 1. The van der Waals surface area contributed by atoms with E-state index in [1.807, 2.05) is 55.1 Å². The number of fused-ring (bicyclic) bond motifs is 2. The van der Waals surface area contributed by atoms with Gasteiger partial charge < -0.3 is 20.1 Å². The molecule has 0 spiro atoms. The van der Waals surface area contributed by atoms with Crippen molar-refractivity contribution in [3.8, 4) is 11.5 Å². The Hall–Kier alpha value is -3.43. The molecule has 8 nitrogen and oxygen atoms in total. The molecule has 0 aliphatic carbocycles. The van der Waals surface area contributed by atoms with Gasteiger partial charge in [0.15, 0.2) is 0 Å². The van der Waals surface area contributed by atoms with E-state index in [-0.39, 0.29) is 11.9 Å². The Labute approximate surface area is 208 Å². The van der Waals surface area contributed by atoms with Crippen LogP contribution in [-0.2, 0) is 0 Å². The summed E-state index contributed by atoms with van der Waals surface area (Å²) in [6.07, 6.45) is 4.71. The number of carbonyl (C=O) groups is 2. The Bertz CT molecular complexity index is 1350. The molecule has 1 aromatic carbocycles. The van der Waals surface area contributed by atoms with Crippen LogP contribution in [0.15, 0.2) is 42.6 Å². The molecule has 2 N–H and O–H groups in total. The molecule has 1 fully saturated rings. The topological polar surface area (TPSA) is 96.7 Å². The molecule has 0 atom stereocenters. The van der Waals surface area contributed by atoms with E-state index in [4.69, 9.17) is 9.84 Å². The molecule has 35 heavy (non-hydrogen) atoms. The molecule has 9 heteroatoms. The summed E-state index contributed by atoms with van der Waals surface area (Å²) in [5.41, 5.74) is 2.46. The third kappa shape index (κ3) is 5.01. The Morgan fingerprint density at radius 3 is 2.66 bits per heavy atom. The monoisotopic (exact) mass is 494 g/mol. The second kappa shape index (κ2) is 10.9. The lowest BCUT2D eigenvalue weighted by atomic mass is 10.2. The fraction of sp³-hybridized carbons (Fsp3) is 0.346. The maximum atomic E-state index is 12.8. The first kappa shape index (κ1) is 24.7.